The van der Waals surface area contributed by atoms with Gasteiger partial charge in [0.15, 0.2) is 0 Å². The Kier molecular flexibility index (Phi) is 4.03. The van der Waals surface area contributed by atoms with Gasteiger partial charge in [-0.3, -0.25) is 0 Å². The predicted octanol–water partition coefficient (Wildman–Crippen LogP) is 2.93. The Labute approximate surface area is 115 Å². The van der Waals surface area contributed by atoms with Gasteiger partial charge in [0, 0.05) is 0 Å². The van der Waals surface area contributed by atoms with E-state index in [0.29, 0.717) is 0 Å². The molecule has 0 aliphatic heterocycles. The summed E-state index contributed by atoms with van der Waals surface area (Å²) in [5, 5.41) is 0. The molecule has 2 heteroatoms. The van der Waals surface area contributed by atoms with Gasteiger partial charge in [0.1, 0.15) is 5.66 Å². The molecule has 0 saturated heterocycles. The molecule has 19 heavy (non-hydrogen) atoms. The van der Waals surface area contributed by atoms with Gasteiger partial charge in [-0.15, -0.1) is 0 Å². The summed E-state index contributed by atoms with van der Waals surface area (Å²) in [7, 11) is 0. The second kappa shape index (κ2) is 5.55. The van der Waals surface area contributed by atoms with Gasteiger partial charge in [0.25, 0.3) is 0 Å². The second-order valence-corrected chi connectivity index (χ2v) is 4.89. The zero-order valence-corrected chi connectivity index (χ0v) is 11.7. The lowest BCUT2D eigenvalue weighted by Crippen LogP contribution is -2.48. The van der Waals surface area contributed by atoms with Crippen LogP contribution in [0.4, 0.5) is 0 Å². The van der Waals surface area contributed by atoms with Gasteiger partial charge in [-0.1, -0.05) is 62.4 Å². The lowest BCUT2D eigenvalue weighted by molar-refractivity contribution is 0.555. The lowest BCUT2D eigenvalue weighted by Gasteiger charge is -2.30. The average Bonchev–Trinajstić information content (AvgIpc) is 2.47. The Morgan fingerprint density at radius 1 is 0.737 bits per heavy atom. The number of nitrogens with two attached hydrogens (primary N) is 2. The highest BCUT2D eigenvalue weighted by molar-refractivity contribution is 5.44. The number of rotatable bonds is 4. The molecule has 0 amide bonds. The zero-order chi connectivity index (χ0) is 13.9. The number of hydrogen-bond donors (Lipinski definition) is 2. The fraction of sp³-hybridized carbons (Fsp3) is 0.294. The molecule has 0 aromatic heterocycles. The van der Waals surface area contributed by atoms with E-state index in [0.717, 1.165) is 24.0 Å². The van der Waals surface area contributed by atoms with Crippen molar-refractivity contribution in [3.63, 3.8) is 0 Å². The molecule has 0 bridgehead atoms. The van der Waals surface area contributed by atoms with Crippen LogP contribution in [0.25, 0.3) is 0 Å². The second-order valence-electron chi connectivity index (χ2n) is 4.89. The Balaban J connectivity index is 2.58. The molecule has 0 fully saturated rings. The van der Waals surface area contributed by atoms with Crippen LogP contribution >= 0.6 is 0 Å². The van der Waals surface area contributed by atoms with Crippen LogP contribution in [-0.2, 0) is 18.5 Å². The minimum atomic E-state index is -0.931. The maximum Gasteiger partial charge on any atom is 0.117 e. The Morgan fingerprint density at radius 2 is 1.11 bits per heavy atom. The Morgan fingerprint density at radius 3 is 1.47 bits per heavy atom. The molecule has 0 atom stereocenters. The van der Waals surface area contributed by atoms with E-state index in [1.54, 1.807) is 0 Å². The van der Waals surface area contributed by atoms with Crippen molar-refractivity contribution in [2.75, 3.05) is 0 Å². The number of hydrogen-bond acceptors (Lipinski definition) is 2. The fourth-order valence-corrected chi connectivity index (χ4v) is 2.61. The van der Waals surface area contributed by atoms with Gasteiger partial charge < -0.3 is 11.5 Å². The standard InChI is InChI=1S/C17H22N2/c1-3-13-9-5-7-11-15(13)17(18,19)16-12-8-6-10-14(16)4-2/h5-12H,3-4,18-19H2,1-2H3. The van der Waals surface area contributed by atoms with Crippen molar-refractivity contribution in [1.82, 2.24) is 0 Å². The van der Waals surface area contributed by atoms with Crippen LogP contribution in [0.3, 0.4) is 0 Å². The van der Waals surface area contributed by atoms with Crippen molar-refractivity contribution >= 4 is 0 Å². The minimum absolute atomic E-state index is 0.931. The molecule has 100 valence electrons. The average molecular weight is 254 g/mol. The summed E-state index contributed by atoms with van der Waals surface area (Å²) in [6.45, 7) is 4.25. The maximum absolute atomic E-state index is 6.49. The summed E-state index contributed by atoms with van der Waals surface area (Å²) in [6, 6.07) is 16.3. The molecule has 0 unspecified atom stereocenters. The summed E-state index contributed by atoms with van der Waals surface area (Å²) in [5.74, 6) is 0. The summed E-state index contributed by atoms with van der Waals surface area (Å²) >= 11 is 0. The van der Waals surface area contributed by atoms with E-state index in [1.165, 1.54) is 11.1 Å². The molecule has 0 saturated carbocycles. The molecule has 0 aliphatic carbocycles. The van der Waals surface area contributed by atoms with Gasteiger partial charge >= 0.3 is 0 Å². The van der Waals surface area contributed by atoms with Crippen molar-refractivity contribution in [3.8, 4) is 0 Å². The fourth-order valence-electron chi connectivity index (χ4n) is 2.61. The van der Waals surface area contributed by atoms with Crippen LogP contribution in [0.1, 0.15) is 36.1 Å². The van der Waals surface area contributed by atoms with Gasteiger partial charge in [-0.2, -0.15) is 0 Å². The summed E-state index contributed by atoms with van der Waals surface area (Å²) < 4.78 is 0. The van der Waals surface area contributed by atoms with Crippen molar-refractivity contribution in [2.24, 2.45) is 11.5 Å². The first-order valence-corrected chi connectivity index (χ1v) is 6.85. The monoisotopic (exact) mass is 254 g/mol. The SMILES string of the molecule is CCc1ccccc1C(N)(N)c1ccccc1CC. The van der Waals surface area contributed by atoms with Crippen molar-refractivity contribution in [3.05, 3.63) is 70.8 Å². The molecule has 0 aliphatic rings. The normalized spacial score (nSPS) is 11.6. The highest BCUT2D eigenvalue weighted by Crippen LogP contribution is 2.28. The van der Waals surface area contributed by atoms with Crippen LogP contribution in [0.5, 0.6) is 0 Å². The predicted molar refractivity (Wildman–Crippen MR) is 80.8 cm³/mol. The van der Waals surface area contributed by atoms with Crippen molar-refractivity contribution < 1.29 is 0 Å². The Hall–Kier alpha value is -1.64. The largest absolute Gasteiger partial charge is 0.306 e. The first kappa shape index (κ1) is 13.8. The summed E-state index contributed by atoms with van der Waals surface area (Å²) in [5.41, 5.74) is 16.5. The number of benzene rings is 2. The Bertz CT molecular complexity index is 509. The molecule has 2 aromatic rings. The first-order chi connectivity index (χ1) is 9.11. The van der Waals surface area contributed by atoms with Gasteiger partial charge in [-0.25, -0.2) is 0 Å². The van der Waals surface area contributed by atoms with E-state index in [1.807, 2.05) is 36.4 Å². The van der Waals surface area contributed by atoms with Crippen molar-refractivity contribution in [2.45, 2.75) is 32.4 Å². The number of aryl methyl sites for hydroxylation is 2. The van der Waals surface area contributed by atoms with E-state index >= 15 is 0 Å². The zero-order valence-electron chi connectivity index (χ0n) is 11.7. The lowest BCUT2D eigenvalue weighted by atomic mass is 9.85. The molecule has 2 nitrogen and oxygen atoms in total. The van der Waals surface area contributed by atoms with E-state index in [-0.39, 0.29) is 0 Å². The van der Waals surface area contributed by atoms with Gasteiger partial charge in [-0.05, 0) is 35.1 Å². The van der Waals surface area contributed by atoms with E-state index in [4.69, 9.17) is 11.5 Å². The topological polar surface area (TPSA) is 52.0 Å². The molecule has 2 rings (SSSR count). The van der Waals surface area contributed by atoms with E-state index in [2.05, 4.69) is 26.0 Å². The smallest absolute Gasteiger partial charge is 0.117 e. The highest BCUT2D eigenvalue weighted by atomic mass is 15.0. The van der Waals surface area contributed by atoms with E-state index in [9.17, 15) is 0 Å². The van der Waals surface area contributed by atoms with Crippen LogP contribution in [0.2, 0.25) is 0 Å². The molecule has 0 spiro atoms. The summed E-state index contributed by atoms with van der Waals surface area (Å²) in [4.78, 5) is 0. The molecule has 0 radical (unpaired) electrons. The maximum atomic E-state index is 6.49. The molecular formula is C17H22N2. The molecule has 2 aromatic carbocycles. The third kappa shape index (κ3) is 2.55. The van der Waals surface area contributed by atoms with E-state index < -0.39 is 5.66 Å². The molecule has 4 N–H and O–H groups in total. The van der Waals surface area contributed by atoms with Gasteiger partial charge in [0.2, 0.25) is 0 Å². The summed E-state index contributed by atoms with van der Waals surface area (Å²) in [6.07, 6.45) is 1.86. The van der Waals surface area contributed by atoms with Crippen LogP contribution in [0.15, 0.2) is 48.5 Å². The highest BCUT2D eigenvalue weighted by Gasteiger charge is 2.28. The van der Waals surface area contributed by atoms with Gasteiger partial charge in [0.05, 0.1) is 0 Å². The first-order valence-electron chi connectivity index (χ1n) is 6.85. The molecular weight excluding hydrogens is 232 g/mol. The van der Waals surface area contributed by atoms with Crippen LogP contribution in [-0.4, -0.2) is 0 Å². The third-order valence-corrected chi connectivity index (χ3v) is 3.69. The minimum Gasteiger partial charge on any atom is -0.306 e. The van der Waals surface area contributed by atoms with Crippen LogP contribution < -0.4 is 11.5 Å². The quantitative estimate of drug-likeness (QED) is 0.824. The molecule has 0 heterocycles. The van der Waals surface area contributed by atoms with Crippen molar-refractivity contribution in [1.29, 1.82) is 0 Å². The third-order valence-electron chi connectivity index (χ3n) is 3.69. The van der Waals surface area contributed by atoms with Crippen LogP contribution in [0, 0.1) is 0 Å².